The van der Waals surface area contributed by atoms with Crippen molar-refractivity contribution in [2.75, 3.05) is 26.2 Å². The lowest BCUT2D eigenvalue weighted by atomic mass is 9.92. The molecule has 0 aliphatic carbocycles. The zero-order valence-corrected chi connectivity index (χ0v) is 13.7. The van der Waals surface area contributed by atoms with E-state index < -0.39 is 0 Å². The van der Waals surface area contributed by atoms with Crippen LogP contribution in [0.4, 0.5) is 0 Å². The first-order valence-corrected chi connectivity index (χ1v) is 7.81. The van der Waals surface area contributed by atoms with E-state index in [9.17, 15) is 0 Å². The molecule has 2 heteroatoms. The Morgan fingerprint density at radius 2 is 1.67 bits per heavy atom. The number of hydrogen-bond donors (Lipinski definition) is 1. The van der Waals surface area contributed by atoms with Crippen molar-refractivity contribution in [2.24, 2.45) is 5.41 Å². The maximum absolute atomic E-state index is 3.58. The van der Waals surface area contributed by atoms with Crippen molar-refractivity contribution in [1.82, 2.24) is 10.2 Å². The molecular formula is C16H36N2. The summed E-state index contributed by atoms with van der Waals surface area (Å²) in [5.41, 5.74) is 0.450. The standard InChI is InChI=1S/C16H36N2/c1-7-8-9-13-18(15(2)3)14-12-17-11-10-16(4,5)6/h15,17H,7-14H2,1-6H3. The summed E-state index contributed by atoms with van der Waals surface area (Å²) >= 11 is 0. The molecule has 0 radical (unpaired) electrons. The Kier molecular flexibility index (Phi) is 9.76. The van der Waals surface area contributed by atoms with Gasteiger partial charge in [0.2, 0.25) is 0 Å². The summed E-state index contributed by atoms with van der Waals surface area (Å²) < 4.78 is 0. The van der Waals surface area contributed by atoms with Gasteiger partial charge in [-0.3, -0.25) is 4.90 Å². The van der Waals surface area contributed by atoms with Crippen LogP contribution in [-0.4, -0.2) is 37.1 Å². The molecule has 0 saturated heterocycles. The lowest BCUT2D eigenvalue weighted by molar-refractivity contribution is 0.216. The zero-order chi connectivity index (χ0) is 14.0. The van der Waals surface area contributed by atoms with Crippen molar-refractivity contribution in [3.8, 4) is 0 Å². The van der Waals surface area contributed by atoms with Crippen LogP contribution >= 0.6 is 0 Å². The molecule has 18 heavy (non-hydrogen) atoms. The van der Waals surface area contributed by atoms with Crippen LogP contribution in [0.3, 0.4) is 0 Å². The second kappa shape index (κ2) is 9.80. The Bertz CT molecular complexity index is 182. The molecule has 0 aliphatic rings. The first-order valence-electron chi connectivity index (χ1n) is 7.81. The maximum atomic E-state index is 3.58. The van der Waals surface area contributed by atoms with Gasteiger partial charge in [0.1, 0.15) is 0 Å². The molecule has 0 unspecified atom stereocenters. The summed E-state index contributed by atoms with van der Waals surface area (Å²) in [7, 11) is 0. The van der Waals surface area contributed by atoms with E-state index in [0.29, 0.717) is 11.5 Å². The lowest BCUT2D eigenvalue weighted by Crippen LogP contribution is -2.38. The van der Waals surface area contributed by atoms with Crippen molar-refractivity contribution in [2.45, 2.75) is 73.3 Å². The highest BCUT2D eigenvalue weighted by Gasteiger charge is 2.10. The van der Waals surface area contributed by atoms with Gasteiger partial charge >= 0.3 is 0 Å². The van der Waals surface area contributed by atoms with Gasteiger partial charge in [-0.1, -0.05) is 40.5 Å². The highest BCUT2D eigenvalue weighted by atomic mass is 15.2. The topological polar surface area (TPSA) is 15.3 Å². The molecule has 0 aromatic carbocycles. The Labute approximate surface area is 116 Å². The minimum Gasteiger partial charge on any atom is -0.315 e. The molecule has 0 spiro atoms. The predicted molar refractivity (Wildman–Crippen MR) is 83.2 cm³/mol. The van der Waals surface area contributed by atoms with Crippen molar-refractivity contribution >= 4 is 0 Å². The first kappa shape index (κ1) is 17.9. The van der Waals surface area contributed by atoms with Crippen LogP contribution in [0.5, 0.6) is 0 Å². The number of rotatable bonds is 10. The minimum absolute atomic E-state index is 0.450. The van der Waals surface area contributed by atoms with Crippen molar-refractivity contribution in [1.29, 1.82) is 0 Å². The Hall–Kier alpha value is -0.0800. The number of nitrogens with one attached hydrogen (secondary N) is 1. The Morgan fingerprint density at radius 3 is 2.17 bits per heavy atom. The highest BCUT2D eigenvalue weighted by Crippen LogP contribution is 2.16. The molecule has 0 heterocycles. The second-order valence-corrected chi connectivity index (χ2v) is 6.90. The fraction of sp³-hybridized carbons (Fsp3) is 1.00. The van der Waals surface area contributed by atoms with Gasteiger partial charge in [-0.2, -0.15) is 0 Å². The van der Waals surface area contributed by atoms with E-state index in [2.05, 4.69) is 51.8 Å². The molecule has 0 rings (SSSR count). The third-order valence-corrected chi connectivity index (χ3v) is 3.41. The van der Waals surface area contributed by atoms with Gasteiger partial charge in [0, 0.05) is 19.1 Å². The summed E-state index contributed by atoms with van der Waals surface area (Å²) in [4.78, 5) is 2.60. The monoisotopic (exact) mass is 256 g/mol. The van der Waals surface area contributed by atoms with Crippen LogP contribution in [0.2, 0.25) is 0 Å². The van der Waals surface area contributed by atoms with Crippen molar-refractivity contribution in [3.63, 3.8) is 0 Å². The SMILES string of the molecule is CCCCCN(CCNCCC(C)(C)C)C(C)C. The van der Waals surface area contributed by atoms with E-state index in [1.165, 1.54) is 38.8 Å². The van der Waals surface area contributed by atoms with Crippen LogP contribution in [0.15, 0.2) is 0 Å². The van der Waals surface area contributed by atoms with Gasteiger partial charge in [0.15, 0.2) is 0 Å². The average Bonchev–Trinajstić information content (AvgIpc) is 2.24. The van der Waals surface area contributed by atoms with Crippen molar-refractivity contribution in [3.05, 3.63) is 0 Å². The number of hydrogen-bond acceptors (Lipinski definition) is 2. The largest absolute Gasteiger partial charge is 0.315 e. The first-order chi connectivity index (χ1) is 8.37. The van der Waals surface area contributed by atoms with Crippen LogP contribution in [0.1, 0.15) is 67.2 Å². The Balaban J connectivity index is 3.64. The second-order valence-electron chi connectivity index (χ2n) is 6.90. The lowest BCUT2D eigenvalue weighted by Gasteiger charge is -2.27. The highest BCUT2D eigenvalue weighted by molar-refractivity contribution is 4.66. The molecule has 2 nitrogen and oxygen atoms in total. The van der Waals surface area contributed by atoms with E-state index in [1.54, 1.807) is 0 Å². The third kappa shape index (κ3) is 11.0. The number of nitrogens with zero attached hydrogens (tertiary/aromatic N) is 1. The molecule has 0 aromatic rings. The molecule has 0 fully saturated rings. The maximum Gasteiger partial charge on any atom is 0.0110 e. The smallest absolute Gasteiger partial charge is 0.0110 e. The summed E-state index contributed by atoms with van der Waals surface area (Å²) in [5.74, 6) is 0. The molecule has 0 amide bonds. The Morgan fingerprint density at radius 1 is 1.00 bits per heavy atom. The van der Waals surface area contributed by atoms with Crippen LogP contribution in [0, 0.1) is 5.41 Å². The van der Waals surface area contributed by atoms with Gasteiger partial charge in [-0.15, -0.1) is 0 Å². The molecule has 0 saturated carbocycles. The van der Waals surface area contributed by atoms with Crippen LogP contribution < -0.4 is 5.32 Å². The van der Waals surface area contributed by atoms with Crippen molar-refractivity contribution < 1.29 is 0 Å². The average molecular weight is 256 g/mol. The summed E-state index contributed by atoms with van der Waals surface area (Å²) in [5, 5.41) is 3.58. The number of unbranched alkanes of at least 4 members (excludes halogenated alkanes) is 2. The zero-order valence-electron chi connectivity index (χ0n) is 13.7. The molecule has 0 atom stereocenters. The van der Waals surface area contributed by atoms with Gasteiger partial charge in [-0.25, -0.2) is 0 Å². The van der Waals surface area contributed by atoms with E-state index in [4.69, 9.17) is 0 Å². The molecule has 0 aliphatic heterocycles. The predicted octanol–water partition coefficient (Wildman–Crippen LogP) is 3.91. The summed E-state index contributed by atoms with van der Waals surface area (Å²) in [6.07, 6.45) is 5.28. The molecule has 110 valence electrons. The van der Waals surface area contributed by atoms with E-state index in [0.717, 1.165) is 13.1 Å². The van der Waals surface area contributed by atoms with Crippen LogP contribution in [0.25, 0.3) is 0 Å². The van der Waals surface area contributed by atoms with Gasteiger partial charge in [0.05, 0.1) is 0 Å². The minimum atomic E-state index is 0.450. The van der Waals surface area contributed by atoms with Gasteiger partial charge in [0.25, 0.3) is 0 Å². The molecular weight excluding hydrogens is 220 g/mol. The summed E-state index contributed by atoms with van der Waals surface area (Å²) in [6.45, 7) is 18.5. The quantitative estimate of drug-likeness (QED) is 0.596. The fourth-order valence-corrected chi connectivity index (χ4v) is 2.00. The molecule has 0 aromatic heterocycles. The fourth-order valence-electron chi connectivity index (χ4n) is 2.00. The molecule has 1 N–H and O–H groups in total. The van der Waals surface area contributed by atoms with Gasteiger partial charge in [-0.05, 0) is 45.2 Å². The summed E-state index contributed by atoms with van der Waals surface area (Å²) in [6, 6.07) is 0.672. The van der Waals surface area contributed by atoms with E-state index in [1.807, 2.05) is 0 Å². The third-order valence-electron chi connectivity index (χ3n) is 3.41. The molecule has 0 bridgehead atoms. The van der Waals surface area contributed by atoms with Crippen LogP contribution in [-0.2, 0) is 0 Å². The normalized spacial score (nSPS) is 12.7. The van der Waals surface area contributed by atoms with E-state index >= 15 is 0 Å². The van der Waals surface area contributed by atoms with E-state index in [-0.39, 0.29) is 0 Å². The van der Waals surface area contributed by atoms with Gasteiger partial charge < -0.3 is 5.32 Å².